The van der Waals surface area contributed by atoms with Gasteiger partial charge in [0.15, 0.2) is 5.75 Å². The van der Waals surface area contributed by atoms with Gasteiger partial charge in [-0.2, -0.15) is 0 Å². The summed E-state index contributed by atoms with van der Waals surface area (Å²) < 4.78 is 5.30. The molecule has 1 aromatic carbocycles. The Labute approximate surface area is 114 Å². The lowest BCUT2D eigenvalue weighted by Crippen LogP contribution is -2.02. The maximum atomic E-state index is 5.30. The van der Waals surface area contributed by atoms with Gasteiger partial charge in [0.1, 0.15) is 0 Å². The van der Waals surface area contributed by atoms with Crippen LogP contribution in [0.1, 0.15) is 23.7 Å². The Morgan fingerprint density at radius 1 is 1.16 bits per heavy atom. The summed E-state index contributed by atoms with van der Waals surface area (Å²) in [5, 5.41) is 3.39. The van der Waals surface area contributed by atoms with Crippen LogP contribution in [-0.2, 0) is 13.0 Å². The first-order valence-electron chi connectivity index (χ1n) is 6.55. The first kappa shape index (κ1) is 13.4. The van der Waals surface area contributed by atoms with Gasteiger partial charge in [-0.25, -0.2) is 0 Å². The van der Waals surface area contributed by atoms with Crippen LogP contribution in [0.15, 0.2) is 36.5 Å². The summed E-state index contributed by atoms with van der Waals surface area (Å²) in [7, 11) is 1.66. The summed E-state index contributed by atoms with van der Waals surface area (Å²) in [6.07, 6.45) is 2.82. The van der Waals surface area contributed by atoms with E-state index in [1.54, 1.807) is 13.3 Å². The van der Waals surface area contributed by atoms with E-state index in [2.05, 4.69) is 41.5 Å². The van der Waals surface area contributed by atoms with Crippen molar-refractivity contribution in [3.63, 3.8) is 0 Å². The van der Waals surface area contributed by atoms with Crippen molar-refractivity contribution < 1.29 is 4.74 Å². The molecule has 0 radical (unpaired) electrons. The van der Waals surface area contributed by atoms with Gasteiger partial charge in [0, 0.05) is 12.2 Å². The third-order valence-electron chi connectivity index (χ3n) is 3.14. The molecule has 1 N–H and O–H groups in total. The third-order valence-corrected chi connectivity index (χ3v) is 3.14. The topological polar surface area (TPSA) is 34.2 Å². The molecule has 19 heavy (non-hydrogen) atoms. The van der Waals surface area contributed by atoms with Crippen molar-refractivity contribution >= 4 is 5.69 Å². The Kier molecular flexibility index (Phi) is 4.39. The molecule has 0 unspecified atom stereocenters. The van der Waals surface area contributed by atoms with Gasteiger partial charge in [0.05, 0.1) is 19.0 Å². The number of nitrogens with zero attached hydrogens (tertiary/aromatic N) is 1. The van der Waals surface area contributed by atoms with Gasteiger partial charge in [-0.15, -0.1) is 0 Å². The second-order valence-corrected chi connectivity index (χ2v) is 4.55. The number of aryl methyl sites for hydroxylation is 2. The molecule has 3 heteroatoms. The highest BCUT2D eigenvalue weighted by Gasteiger charge is 2.03. The normalized spacial score (nSPS) is 10.3. The van der Waals surface area contributed by atoms with Crippen molar-refractivity contribution in [3.05, 3.63) is 53.3 Å². The summed E-state index contributed by atoms with van der Waals surface area (Å²) in [5.74, 6) is 0.774. The molecule has 3 nitrogen and oxygen atoms in total. The Bertz CT molecular complexity index is 535. The fourth-order valence-electron chi connectivity index (χ4n) is 1.94. The van der Waals surface area contributed by atoms with Crippen molar-refractivity contribution in [1.82, 2.24) is 4.98 Å². The molecule has 1 heterocycles. The van der Waals surface area contributed by atoms with E-state index in [4.69, 9.17) is 4.74 Å². The molecule has 1 aromatic heterocycles. The number of ether oxygens (including phenoxy) is 1. The summed E-state index contributed by atoms with van der Waals surface area (Å²) in [6.45, 7) is 4.92. The number of hydrogen-bond acceptors (Lipinski definition) is 3. The van der Waals surface area contributed by atoms with Crippen LogP contribution in [0.3, 0.4) is 0 Å². The molecule has 100 valence electrons. The van der Waals surface area contributed by atoms with E-state index >= 15 is 0 Å². The molecule has 0 fully saturated rings. The van der Waals surface area contributed by atoms with E-state index in [-0.39, 0.29) is 0 Å². The highest BCUT2D eigenvalue weighted by Crippen LogP contribution is 2.24. The van der Waals surface area contributed by atoms with Crippen LogP contribution in [0.2, 0.25) is 0 Å². The predicted molar refractivity (Wildman–Crippen MR) is 78.7 cm³/mol. The highest BCUT2D eigenvalue weighted by atomic mass is 16.5. The largest absolute Gasteiger partial charge is 0.493 e. The van der Waals surface area contributed by atoms with Crippen LogP contribution in [0.4, 0.5) is 5.69 Å². The first-order valence-corrected chi connectivity index (χ1v) is 6.55. The lowest BCUT2D eigenvalue weighted by molar-refractivity contribution is 0.414. The van der Waals surface area contributed by atoms with Crippen LogP contribution in [-0.4, -0.2) is 12.1 Å². The number of nitrogens with one attached hydrogen (secondary N) is 1. The minimum Gasteiger partial charge on any atom is -0.493 e. The van der Waals surface area contributed by atoms with Gasteiger partial charge in [-0.3, -0.25) is 4.98 Å². The molecule has 0 saturated carbocycles. The molecule has 0 aliphatic heterocycles. The molecule has 0 aliphatic rings. The van der Waals surface area contributed by atoms with Crippen molar-refractivity contribution in [2.45, 2.75) is 26.8 Å². The molecular weight excluding hydrogens is 236 g/mol. The average molecular weight is 256 g/mol. The van der Waals surface area contributed by atoms with E-state index in [0.29, 0.717) is 0 Å². The van der Waals surface area contributed by atoms with Crippen LogP contribution in [0, 0.1) is 6.92 Å². The average Bonchev–Trinajstić information content (AvgIpc) is 2.46. The zero-order valence-corrected chi connectivity index (χ0v) is 11.7. The van der Waals surface area contributed by atoms with Gasteiger partial charge < -0.3 is 10.1 Å². The maximum absolute atomic E-state index is 5.30. The summed E-state index contributed by atoms with van der Waals surface area (Å²) in [6, 6.07) is 10.7. The fourth-order valence-corrected chi connectivity index (χ4v) is 1.94. The van der Waals surface area contributed by atoms with E-state index in [1.165, 1.54) is 11.1 Å². The van der Waals surface area contributed by atoms with E-state index in [1.807, 2.05) is 13.0 Å². The van der Waals surface area contributed by atoms with Crippen molar-refractivity contribution in [2.75, 3.05) is 12.4 Å². The standard InChI is InChI=1S/C16H20N2O/c1-4-13-5-7-14(8-6-13)10-18-15-9-12(2)17-11-16(15)19-3/h5-9,11H,4,10H2,1-3H3,(H,17,18). The number of benzene rings is 1. The summed E-state index contributed by atoms with van der Waals surface area (Å²) in [5.41, 5.74) is 4.58. The molecule has 0 bridgehead atoms. The van der Waals surface area contributed by atoms with Crippen molar-refractivity contribution in [2.24, 2.45) is 0 Å². The maximum Gasteiger partial charge on any atom is 0.160 e. The smallest absolute Gasteiger partial charge is 0.160 e. The SMILES string of the molecule is CCc1ccc(CNc2cc(C)ncc2OC)cc1. The van der Waals surface area contributed by atoms with Crippen LogP contribution in [0.25, 0.3) is 0 Å². The van der Waals surface area contributed by atoms with Crippen LogP contribution < -0.4 is 10.1 Å². The number of methoxy groups -OCH3 is 1. The molecule has 0 aliphatic carbocycles. The summed E-state index contributed by atoms with van der Waals surface area (Å²) in [4.78, 5) is 4.22. The monoisotopic (exact) mass is 256 g/mol. The minimum atomic E-state index is 0.774. The third kappa shape index (κ3) is 3.47. The second-order valence-electron chi connectivity index (χ2n) is 4.55. The number of hydrogen-bond donors (Lipinski definition) is 1. The Hall–Kier alpha value is -2.03. The minimum absolute atomic E-state index is 0.774. The molecule has 0 spiro atoms. The molecule has 0 atom stereocenters. The van der Waals surface area contributed by atoms with E-state index in [9.17, 15) is 0 Å². The lowest BCUT2D eigenvalue weighted by atomic mass is 10.1. The zero-order valence-electron chi connectivity index (χ0n) is 11.7. The van der Waals surface area contributed by atoms with Crippen molar-refractivity contribution in [3.8, 4) is 5.75 Å². The Balaban J connectivity index is 2.07. The highest BCUT2D eigenvalue weighted by molar-refractivity contribution is 5.56. The molecule has 0 amide bonds. The van der Waals surface area contributed by atoms with Gasteiger partial charge in [-0.1, -0.05) is 31.2 Å². The van der Waals surface area contributed by atoms with Crippen LogP contribution >= 0.6 is 0 Å². The second kappa shape index (κ2) is 6.23. The van der Waals surface area contributed by atoms with Gasteiger partial charge in [-0.05, 0) is 30.5 Å². The van der Waals surface area contributed by atoms with E-state index < -0.39 is 0 Å². The van der Waals surface area contributed by atoms with E-state index in [0.717, 1.165) is 30.1 Å². The van der Waals surface area contributed by atoms with Crippen LogP contribution in [0.5, 0.6) is 5.75 Å². The number of aromatic nitrogens is 1. The molecule has 2 aromatic rings. The predicted octanol–water partition coefficient (Wildman–Crippen LogP) is 3.57. The number of anilines is 1. The summed E-state index contributed by atoms with van der Waals surface area (Å²) >= 11 is 0. The number of rotatable bonds is 5. The Morgan fingerprint density at radius 2 is 1.84 bits per heavy atom. The first-order chi connectivity index (χ1) is 9.22. The zero-order chi connectivity index (χ0) is 13.7. The van der Waals surface area contributed by atoms with Gasteiger partial charge in [0.25, 0.3) is 0 Å². The number of pyridine rings is 1. The quantitative estimate of drug-likeness (QED) is 0.888. The lowest BCUT2D eigenvalue weighted by Gasteiger charge is -2.11. The van der Waals surface area contributed by atoms with Crippen molar-refractivity contribution in [1.29, 1.82) is 0 Å². The Morgan fingerprint density at radius 3 is 2.47 bits per heavy atom. The molecule has 0 saturated heterocycles. The van der Waals surface area contributed by atoms with Gasteiger partial charge in [0.2, 0.25) is 0 Å². The van der Waals surface area contributed by atoms with Gasteiger partial charge >= 0.3 is 0 Å². The molecule has 2 rings (SSSR count). The molecular formula is C16H20N2O. The fraction of sp³-hybridized carbons (Fsp3) is 0.312.